The van der Waals surface area contributed by atoms with E-state index in [1.807, 2.05) is 0 Å². The first kappa shape index (κ1) is 76.3. The Bertz CT molecular complexity index is 1760. The van der Waals surface area contributed by atoms with Gasteiger partial charge in [0.25, 0.3) is 0 Å². The monoisotopic (exact) mass is 1120 g/mol. The molecule has 0 saturated carbocycles. The van der Waals surface area contributed by atoms with E-state index in [0.29, 0.717) is 19.3 Å². The van der Waals surface area contributed by atoms with Gasteiger partial charge in [-0.05, 0) is 141 Å². The minimum Gasteiger partial charge on any atom is -0.462 e. The highest BCUT2D eigenvalue weighted by molar-refractivity contribution is 5.71. The average molecular weight is 1120 g/mol. The molecule has 0 aromatic rings. The minimum absolute atomic E-state index is 0.106. The molecule has 81 heavy (non-hydrogen) atoms. The van der Waals surface area contributed by atoms with E-state index in [1.54, 1.807) is 0 Å². The molecule has 0 aromatic heterocycles. The zero-order valence-electron chi connectivity index (χ0n) is 52.5. The first-order valence-electron chi connectivity index (χ1n) is 33.3. The summed E-state index contributed by atoms with van der Waals surface area (Å²) in [5.74, 6) is -0.959. The van der Waals surface area contributed by atoms with Crippen LogP contribution in [0.25, 0.3) is 0 Å². The van der Waals surface area contributed by atoms with Gasteiger partial charge >= 0.3 is 17.9 Å². The first-order valence-corrected chi connectivity index (χ1v) is 33.3. The van der Waals surface area contributed by atoms with Crippen LogP contribution in [0.5, 0.6) is 0 Å². The molecule has 0 aromatic carbocycles. The van der Waals surface area contributed by atoms with E-state index >= 15 is 0 Å². The Hall–Kier alpha value is -4.71. The van der Waals surface area contributed by atoms with E-state index in [4.69, 9.17) is 14.2 Å². The molecule has 0 amide bonds. The van der Waals surface area contributed by atoms with Gasteiger partial charge in [0, 0.05) is 19.3 Å². The second kappa shape index (κ2) is 67.8. The topological polar surface area (TPSA) is 78.9 Å². The molecule has 0 spiro atoms. The summed E-state index contributed by atoms with van der Waals surface area (Å²) in [5.41, 5.74) is 0. The van der Waals surface area contributed by atoms with Crippen molar-refractivity contribution in [2.24, 2.45) is 0 Å². The fourth-order valence-corrected chi connectivity index (χ4v) is 8.88. The number of hydrogen-bond donors (Lipinski definition) is 0. The van der Waals surface area contributed by atoms with Crippen molar-refractivity contribution in [2.45, 2.75) is 297 Å². The molecule has 6 nitrogen and oxygen atoms in total. The highest BCUT2D eigenvalue weighted by atomic mass is 16.6. The third-order valence-electron chi connectivity index (χ3n) is 13.8. The van der Waals surface area contributed by atoms with Gasteiger partial charge in [0.2, 0.25) is 0 Å². The maximum atomic E-state index is 12.9. The smallest absolute Gasteiger partial charge is 0.306 e. The van der Waals surface area contributed by atoms with Crippen LogP contribution < -0.4 is 0 Å². The quantitative estimate of drug-likeness (QED) is 0.0261. The van der Waals surface area contributed by atoms with Crippen LogP contribution in [0.1, 0.15) is 290 Å². The molecule has 1 unspecified atom stereocenters. The van der Waals surface area contributed by atoms with Gasteiger partial charge in [0.05, 0.1) is 0 Å². The summed E-state index contributed by atoms with van der Waals surface area (Å²) < 4.78 is 16.9. The summed E-state index contributed by atoms with van der Waals surface area (Å²) >= 11 is 0. The minimum atomic E-state index is -0.809. The summed E-state index contributed by atoms with van der Waals surface area (Å²) in [4.78, 5) is 38.3. The van der Waals surface area contributed by atoms with Crippen LogP contribution in [-0.4, -0.2) is 37.2 Å². The van der Waals surface area contributed by atoms with Crippen molar-refractivity contribution in [1.29, 1.82) is 0 Å². The molecule has 1 atom stereocenters. The van der Waals surface area contributed by atoms with Crippen LogP contribution in [0.15, 0.2) is 146 Å². The van der Waals surface area contributed by atoms with E-state index in [2.05, 4.69) is 167 Å². The number of rotatable bonds is 59. The van der Waals surface area contributed by atoms with Crippen molar-refractivity contribution in [1.82, 2.24) is 0 Å². The lowest BCUT2D eigenvalue weighted by molar-refractivity contribution is -0.167. The predicted octanol–water partition coefficient (Wildman–Crippen LogP) is 23.1. The summed E-state index contributed by atoms with van der Waals surface area (Å²) in [5, 5.41) is 0. The van der Waals surface area contributed by atoms with Crippen molar-refractivity contribution < 1.29 is 28.6 Å². The highest BCUT2D eigenvalue weighted by Gasteiger charge is 2.19. The molecule has 0 radical (unpaired) electrons. The number of ether oxygens (including phenoxy) is 3. The molecule has 0 rings (SSSR count). The normalized spacial score (nSPS) is 13.1. The van der Waals surface area contributed by atoms with Gasteiger partial charge in [-0.15, -0.1) is 0 Å². The fourth-order valence-electron chi connectivity index (χ4n) is 8.88. The molecule has 6 heteroatoms. The number of allylic oxidation sites excluding steroid dienone is 24. The lowest BCUT2D eigenvalue weighted by atomic mass is 10.1. The van der Waals surface area contributed by atoms with Gasteiger partial charge in [0.1, 0.15) is 13.2 Å². The van der Waals surface area contributed by atoms with Crippen LogP contribution in [0, 0.1) is 0 Å². The molecule has 0 aliphatic heterocycles. The third-order valence-corrected chi connectivity index (χ3v) is 13.8. The van der Waals surface area contributed by atoms with Crippen molar-refractivity contribution >= 4 is 17.9 Å². The molecule has 0 N–H and O–H groups in total. The van der Waals surface area contributed by atoms with Crippen molar-refractivity contribution in [3.05, 3.63) is 146 Å². The summed E-state index contributed by atoms with van der Waals surface area (Å²) in [7, 11) is 0. The summed E-state index contributed by atoms with van der Waals surface area (Å²) in [6.07, 6.45) is 97.2. The molecule has 0 aliphatic carbocycles. The Kier molecular flexibility index (Phi) is 63.9. The van der Waals surface area contributed by atoms with E-state index in [0.717, 1.165) is 148 Å². The standard InChI is InChI=1S/C75H122O6/c1-4-7-10-13-16-19-22-25-27-29-31-33-34-35-36-37-38-39-40-42-43-45-47-50-53-56-59-62-65-68-74(77)80-71-72(70-79-73(76)67-64-61-58-55-52-49-24-21-18-15-12-9-6-3)81-75(78)69-66-63-60-57-54-51-48-46-44-41-32-30-28-26-23-20-17-14-11-8-5-2/h7,9-10,12,16,18-19,21,25,27,30-33,35-36,38-39,42-43,47,49-50,52,72H,4-6,8,11,13-15,17,20,22-24,26,28-29,34,37,40-41,44-46,48,51,53-71H2,1-3H3/b10-7-,12-9-,19-16-,21-18-,27-25-,32-30-,33-31-,36-35-,39-38-,43-42-,50-47-,52-49-. The van der Waals surface area contributed by atoms with Crippen LogP contribution >= 0.6 is 0 Å². The van der Waals surface area contributed by atoms with Crippen LogP contribution in [-0.2, 0) is 28.6 Å². The second-order valence-corrected chi connectivity index (χ2v) is 21.6. The molecular formula is C75H122O6. The molecule has 0 fully saturated rings. The predicted molar refractivity (Wildman–Crippen MR) is 352 cm³/mol. The zero-order chi connectivity index (χ0) is 58.5. The Balaban J connectivity index is 4.41. The van der Waals surface area contributed by atoms with E-state index in [9.17, 15) is 14.4 Å². The van der Waals surface area contributed by atoms with Crippen molar-refractivity contribution in [3.8, 4) is 0 Å². The SMILES string of the molecule is CC/C=C\C/C=C\C/C=C\C/C=C\C/C=C\C/C=C\C/C=C\C/C=C\CCCCCCC(=O)OCC(COC(=O)CCCCC/C=C\C/C=C\C/C=C\CC)OC(=O)CCCCCCCCCCC/C=C\CCCCCCCCCC. The number of unbranched alkanes of at least 4 members (excludes halogenated alkanes) is 24. The molecule has 0 aliphatic rings. The van der Waals surface area contributed by atoms with Crippen LogP contribution in [0.3, 0.4) is 0 Å². The van der Waals surface area contributed by atoms with Crippen molar-refractivity contribution in [3.63, 3.8) is 0 Å². The maximum Gasteiger partial charge on any atom is 0.306 e. The molecule has 0 heterocycles. The van der Waals surface area contributed by atoms with E-state index in [1.165, 1.54) is 103 Å². The summed E-state index contributed by atoms with van der Waals surface area (Å²) in [6, 6.07) is 0. The average Bonchev–Trinajstić information content (AvgIpc) is 3.46. The fraction of sp³-hybridized carbons (Fsp3) is 0.640. The zero-order valence-corrected chi connectivity index (χ0v) is 52.5. The van der Waals surface area contributed by atoms with Gasteiger partial charge < -0.3 is 14.2 Å². The van der Waals surface area contributed by atoms with Gasteiger partial charge in [-0.25, -0.2) is 0 Å². The number of hydrogen-bond acceptors (Lipinski definition) is 6. The number of carbonyl (C=O) groups is 3. The van der Waals surface area contributed by atoms with E-state index in [-0.39, 0.29) is 31.1 Å². The maximum absolute atomic E-state index is 12.9. The van der Waals surface area contributed by atoms with Crippen LogP contribution in [0.2, 0.25) is 0 Å². The summed E-state index contributed by atoms with van der Waals surface area (Å²) in [6.45, 7) is 6.37. The van der Waals surface area contributed by atoms with Crippen molar-refractivity contribution in [2.75, 3.05) is 13.2 Å². The Morgan fingerprint density at radius 1 is 0.259 bits per heavy atom. The lowest BCUT2D eigenvalue weighted by Crippen LogP contribution is -2.30. The van der Waals surface area contributed by atoms with Crippen LogP contribution in [0.4, 0.5) is 0 Å². The number of carbonyl (C=O) groups excluding carboxylic acids is 3. The highest BCUT2D eigenvalue weighted by Crippen LogP contribution is 2.15. The molecule has 458 valence electrons. The number of esters is 3. The molecule has 0 bridgehead atoms. The van der Waals surface area contributed by atoms with Gasteiger partial charge in [-0.2, -0.15) is 0 Å². The van der Waals surface area contributed by atoms with Gasteiger partial charge in [-0.3, -0.25) is 14.4 Å². The Labute approximate surface area is 499 Å². The second-order valence-electron chi connectivity index (χ2n) is 21.6. The van der Waals surface area contributed by atoms with Gasteiger partial charge in [-0.1, -0.05) is 276 Å². The molecule has 0 saturated heterocycles. The van der Waals surface area contributed by atoms with E-state index < -0.39 is 6.10 Å². The largest absolute Gasteiger partial charge is 0.462 e. The molecular weight excluding hydrogens is 997 g/mol. The Morgan fingerprint density at radius 3 is 0.778 bits per heavy atom. The third kappa shape index (κ3) is 66.0. The van der Waals surface area contributed by atoms with Gasteiger partial charge in [0.15, 0.2) is 6.10 Å². The lowest BCUT2D eigenvalue weighted by Gasteiger charge is -2.18. The Morgan fingerprint density at radius 2 is 0.481 bits per heavy atom. The first-order chi connectivity index (χ1) is 40.0.